The van der Waals surface area contributed by atoms with Crippen LogP contribution in [-0.4, -0.2) is 26.4 Å². The minimum atomic E-state index is -4.76. The number of aromatic nitrogens is 3. The maximum atomic E-state index is 13.5. The predicted molar refractivity (Wildman–Crippen MR) is 117 cm³/mol. The lowest BCUT2D eigenvalue weighted by Crippen LogP contribution is -2.20. The highest BCUT2D eigenvalue weighted by atomic mass is 19.4. The highest BCUT2D eigenvalue weighted by molar-refractivity contribution is 6.07. The molecule has 2 aromatic heterocycles. The van der Waals surface area contributed by atoms with Crippen LogP contribution in [0.25, 0.3) is 16.6 Å². The van der Waals surface area contributed by atoms with Crippen molar-refractivity contribution in [3.63, 3.8) is 0 Å². The van der Waals surface area contributed by atoms with Gasteiger partial charge >= 0.3 is 12.2 Å². The smallest absolute Gasteiger partial charge is 0.382 e. The molecule has 0 fully saturated rings. The minimum Gasteiger partial charge on any atom is -0.382 e. The summed E-state index contributed by atoms with van der Waals surface area (Å²) >= 11 is 0. The molecular formula is C22H16F4N6O2. The van der Waals surface area contributed by atoms with Crippen molar-refractivity contribution in [3.8, 4) is 11.1 Å². The number of hydrogen-bond donors (Lipinski definition) is 3. The zero-order valence-electron chi connectivity index (χ0n) is 17.4. The van der Waals surface area contributed by atoms with Crippen LogP contribution in [0.2, 0.25) is 0 Å². The van der Waals surface area contributed by atoms with E-state index in [-0.39, 0.29) is 17.3 Å². The Balaban J connectivity index is 1.57. The normalized spacial score (nSPS) is 11.4. The number of nitrogens with zero attached hydrogens (tertiary/aromatic N) is 3. The van der Waals surface area contributed by atoms with Crippen LogP contribution in [0.15, 0.2) is 55.0 Å². The van der Waals surface area contributed by atoms with Crippen LogP contribution in [0.4, 0.5) is 39.5 Å². The molecule has 2 amide bonds. The van der Waals surface area contributed by atoms with Crippen LogP contribution in [0.5, 0.6) is 0 Å². The van der Waals surface area contributed by atoms with E-state index in [1.165, 1.54) is 29.9 Å². The molecule has 4 N–H and O–H groups in total. The number of carbonyl (C=O) groups excluding carboxylic acids is 2. The van der Waals surface area contributed by atoms with Gasteiger partial charge in [0.1, 0.15) is 17.7 Å². The summed E-state index contributed by atoms with van der Waals surface area (Å²) < 4.78 is 53.5. The molecule has 0 aliphatic heterocycles. The number of urea groups is 1. The standard InChI is InChI=1S/C22H16F4N6O2/c1-11(33)17-9-32-19(20(27)28-10-29-32)18(17)12-2-4-15(5-3-12)30-21(34)31-16-7-13(22(24,25)26)6-14(23)8-16/h2-10H,1H3,(H2,27,28,29)(H2,30,31,34). The number of benzene rings is 2. The van der Waals surface area contributed by atoms with E-state index in [1.54, 1.807) is 18.3 Å². The van der Waals surface area contributed by atoms with Crippen molar-refractivity contribution in [3.05, 3.63) is 71.9 Å². The van der Waals surface area contributed by atoms with Crippen molar-refractivity contribution in [1.82, 2.24) is 14.6 Å². The fourth-order valence-corrected chi connectivity index (χ4v) is 3.43. The molecule has 0 saturated carbocycles. The molecule has 8 nitrogen and oxygen atoms in total. The molecule has 4 aromatic rings. The number of Topliss-reactive ketones (excluding diaryl/α,β-unsaturated/α-hetero) is 1. The Morgan fingerprint density at radius 1 is 1.03 bits per heavy atom. The fourth-order valence-electron chi connectivity index (χ4n) is 3.43. The molecule has 0 aliphatic rings. The number of nitrogen functional groups attached to an aromatic ring is 1. The van der Waals surface area contributed by atoms with Crippen LogP contribution in [-0.2, 0) is 6.18 Å². The van der Waals surface area contributed by atoms with Gasteiger partial charge in [-0.3, -0.25) is 4.79 Å². The van der Waals surface area contributed by atoms with Crippen LogP contribution < -0.4 is 16.4 Å². The number of fused-ring (bicyclic) bond motifs is 1. The molecule has 0 unspecified atom stereocenters. The largest absolute Gasteiger partial charge is 0.416 e. The van der Waals surface area contributed by atoms with E-state index >= 15 is 0 Å². The third-order valence-corrected chi connectivity index (χ3v) is 4.90. The lowest BCUT2D eigenvalue weighted by molar-refractivity contribution is -0.137. The number of halogens is 4. The molecule has 2 heterocycles. The van der Waals surface area contributed by atoms with E-state index in [1.807, 2.05) is 0 Å². The lowest BCUT2D eigenvalue weighted by Gasteiger charge is -2.12. The first kappa shape index (κ1) is 22.7. The summed E-state index contributed by atoms with van der Waals surface area (Å²) in [6.45, 7) is 1.40. The zero-order chi connectivity index (χ0) is 24.6. The first-order valence-corrected chi connectivity index (χ1v) is 9.72. The van der Waals surface area contributed by atoms with Gasteiger partial charge in [-0.25, -0.2) is 18.7 Å². The molecule has 0 saturated heterocycles. The van der Waals surface area contributed by atoms with Crippen molar-refractivity contribution in [2.24, 2.45) is 0 Å². The number of hydrogen-bond acceptors (Lipinski definition) is 5. The van der Waals surface area contributed by atoms with Crippen LogP contribution in [0.3, 0.4) is 0 Å². The SMILES string of the molecule is CC(=O)c1cn2ncnc(N)c2c1-c1ccc(NC(=O)Nc2cc(F)cc(C(F)(F)F)c2)cc1. The van der Waals surface area contributed by atoms with Crippen LogP contribution in [0, 0.1) is 5.82 Å². The second-order valence-electron chi connectivity index (χ2n) is 7.30. The molecule has 0 bridgehead atoms. The average Bonchev–Trinajstić information content (AvgIpc) is 3.14. The fraction of sp³-hybridized carbons (Fsp3) is 0.0909. The van der Waals surface area contributed by atoms with Crippen LogP contribution >= 0.6 is 0 Å². The van der Waals surface area contributed by atoms with E-state index in [9.17, 15) is 27.2 Å². The third kappa shape index (κ3) is 4.51. The molecule has 0 radical (unpaired) electrons. The van der Waals surface area contributed by atoms with Gasteiger partial charge in [0, 0.05) is 28.7 Å². The Bertz CT molecular complexity index is 1410. The quantitative estimate of drug-likeness (QED) is 0.286. The molecule has 34 heavy (non-hydrogen) atoms. The van der Waals surface area contributed by atoms with Gasteiger partial charge in [-0.1, -0.05) is 12.1 Å². The summed E-state index contributed by atoms with van der Waals surface area (Å²) in [6, 6.07) is 7.14. The Morgan fingerprint density at radius 3 is 2.35 bits per heavy atom. The van der Waals surface area contributed by atoms with Crippen molar-refractivity contribution in [2.45, 2.75) is 13.1 Å². The van der Waals surface area contributed by atoms with Gasteiger partial charge in [0.2, 0.25) is 0 Å². The number of carbonyl (C=O) groups is 2. The zero-order valence-corrected chi connectivity index (χ0v) is 17.4. The van der Waals surface area contributed by atoms with Gasteiger partial charge in [0.05, 0.1) is 5.56 Å². The van der Waals surface area contributed by atoms with Crippen LogP contribution in [0.1, 0.15) is 22.8 Å². The Hall–Kier alpha value is -4.48. The summed E-state index contributed by atoms with van der Waals surface area (Å²) in [5.74, 6) is -1.18. The second-order valence-corrected chi connectivity index (χ2v) is 7.30. The van der Waals surface area contributed by atoms with E-state index in [0.717, 1.165) is 6.07 Å². The summed E-state index contributed by atoms with van der Waals surface area (Å²) in [5.41, 5.74) is 6.62. The van der Waals surface area contributed by atoms with Gasteiger partial charge in [-0.15, -0.1) is 0 Å². The molecule has 0 aliphatic carbocycles. The second kappa shape index (κ2) is 8.46. The van der Waals surface area contributed by atoms with Crippen molar-refractivity contribution >= 4 is 34.5 Å². The van der Waals surface area contributed by atoms with Gasteiger partial charge in [-0.2, -0.15) is 18.3 Å². The van der Waals surface area contributed by atoms with Crippen molar-refractivity contribution in [1.29, 1.82) is 0 Å². The summed E-state index contributed by atoms with van der Waals surface area (Å²) in [7, 11) is 0. The first-order valence-electron chi connectivity index (χ1n) is 9.72. The number of anilines is 3. The Kier molecular flexibility index (Phi) is 5.65. The number of nitrogens with two attached hydrogens (primary N) is 1. The molecule has 0 atom stereocenters. The van der Waals surface area contributed by atoms with Gasteiger partial charge < -0.3 is 16.4 Å². The molecule has 12 heteroatoms. The number of alkyl halides is 3. The number of amides is 2. The predicted octanol–water partition coefficient (Wildman–Crippen LogP) is 4.98. The number of nitrogens with one attached hydrogen (secondary N) is 2. The first-order chi connectivity index (χ1) is 16.0. The van der Waals surface area contributed by atoms with E-state index in [2.05, 4.69) is 20.7 Å². The molecule has 0 spiro atoms. The molecule has 174 valence electrons. The van der Waals surface area contributed by atoms with E-state index in [4.69, 9.17) is 5.73 Å². The highest BCUT2D eigenvalue weighted by Gasteiger charge is 2.31. The highest BCUT2D eigenvalue weighted by Crippen LogP contribution is 2.34. The third-order valence-electron chi connectivity index (χ3n) is 4.90. The summed E-state index contributed by atoms with van der Waals surface area (Å²) in [5, 5.41) is 8.69. The number of ketones is 1. The van der Waals surface area contributed by atoms with Gasteiger partial charge in [-0.05, 0) is 42.8 Å². The van der Waals surface area contributed by atoms with Crippen molar-refractivity contribution in [2.75, 3.05) is 16.4 Å². The summed E-state index contributed by atoms with van der Waals surface area (Å²) in [4.78, 5) is 28.3. The van der Waals surface area contributed by atoms with E-state index < -0.39 is 23.6 Å². The molecular weight excluding hydrogens is 456 g/mol. The van der Waals surface area contributed by atoms with Gasteiger partial charge in [0.15, 0.2) is 11.6 Å². The Labute approximate surface area is 189 Å². The topological polar surface area (TPSA) is 114 Å². The molecule has 4 rings (SSSR count). The lowest BCUT2D eigenvalue weighted by atomic mass is 10.0. The van der Waals surface area contributed by atoms with Gasteiger partial charge in [0.25, 0.3) is 0 Å². The van der Waals surface area contributed by atoms with E-state index in [0.29, 0.717) is 40.0 Å². The summed E-state index contributed by atoms with van der Waals surface area (Å²) in [6.07, 6.45) is -1.96. The van der Waals surface area contributed by atoms with Crippen molar-refractivity contribution < 1.29 is 27.2 Å². The Morgan fingerprint density at radius 2 is 1.71 bits per heavy atom. The monoisotopic (exact) mass is 472 g/mol. The maximum Gasteiger partial charge on any atom is 0.416 e. The minimum absolute atomic E-state index is 0.174. The molecule has 2 aromatic carbocycles. The number of rotatable bonds is 4. The maximum absolute atomic E-state index is 13.5. The average molecular weight is 472 g/mol.